The van der Waals surface area contributed by atoms with Gasteiger partial charge in [0.25, 0.3) is 0 Å². The quantitative estimate of drug-likeness (QED) is 0.913. The predicted molar refractivity (Wildman–Crippen MR) is 83.5 cm³/mol. The molecule has 0 unspecified atom stereocenters. The lowest BCUT2D eigenvalue weighted by molar-refractivity contribution is 0.194. The number of nitrogens with zero attached hydrogens (tertiary/aromatic N) is 1. The molecule has 1 N–H and O–H groups in total. The van der Waals surface area contributed by atoms with Crippen LogP contribution in [0.15, 0.2) is 18.2 Å². The fourth-order valence-corrected chi connectivity index (χ4v) is 3.07. The topological polar surface area (TPSA) is 32.7 Å². The summed E-state index contributed by atoms with van der Waals surface area (Å²) in [5.41, 5.74) is 2.45. The van der Waals surface area contributed by atoms with Gasteiger partial charge in [0, 0.05) is 24.3 Å². The molecule has 0 aromatic heterocycles. The molecule has 1 aromatic rings. The van der Waals surface area contributed by atoms with Gasteiger partial charge in [-0.3, -0.25) is 0 Å². The van der Waals surface area contributed by atoms with E-state index in [2.05, 4.69) is 24.8 Å². The van der Waals surface area contributed by atoms with Crippen molar-refractivity contribution in [1.82, 2.24) is 0 Å². The fraction of sp³-hybridized carbons (Fsp3) is 0.647. The van der Waals surface area contributed by atoms with Crippen LogP contribution in [0.2, 0.25) is 0 Å². The van der Waals surface area contributed by atoms with E-state index in [0.717, 1.165) is 30.1 Å². The van der Waals surface area contributed by atoms with Gasteiger partial charge >= 0.3 is 0 Å². The predicted octanol–water partition coefficient (Wildman–Crippen LogP) is 3.77. The van der Waals surface area contributed by atoms with Crippen LogP contribution < -0.4 is 9.64 Å². The molecule has 1 aromatic carbocycles. The maximum Gasteiger partial charge on any atom is 0.126 e. The number of benzene rings is 1. The third-order valence-electron chi connectivity index (χ3n) is 4.36. The van der Waals surface area contributed by atoms with Gasteiger partial charge in [-0.25, -0.2) is 0 Å². The molecule has 0 spiro atoms. The van der Waals surface area contributed by atoms with E-state index in [1.807, 2.05) is 19.1 Å². The van der Waals surface area contributed by atoms with E-state index < -0.39 is 6.10 Å². The molecule has 3 heteroatoms. The Morgan fingerprint density at radius 1 is 1.25 bits per heavy atom. The Bertz CT molecular complexity index is 454. The maximum atomic E-state index is 10.1. The molecule has 1 aliphatic heterocycles. The second-order valence-corrected chi connectivity index (χ2v) is 6.57. The van der Waals surface area contributed by atoms with Crippen LogP contribution in [0.3, 0.4) is 0 Å². The zero-order valence-electron chi connectivity index (χ0n) is 13.1. The number of aliphatic hydroxyl groups is 1. The second-order valence-electron chi connectivity index (χ2n) is 6.57. The van der Waals surface area contributed by atoms with Crippen LogP contribution in [0.5, 0.6) is 5.75 Å². The highest BCUT2D eigenvalue weighted by atomic mass is 16.5. The number of aliphatic hydroxyl groups excluding tert-OH is 1. The number of anilines is 1. The van der Waals surface area contributed by atoms with E-state index in [1.54, 1.807) is 7.11 Å². The molecule has 1 heterocycles. The summed E-state index contributed by atoms with van der Waals surface area (Å²) in [6, 6.07) is 6.03. The molecular formula is C17H27NO2. The monoisotopic (exact) mass is 277 g/mol. The van der Waals surface area contributed by atoms with Crippen LogP contribution in [-0.2, 0) is 0 Å². The molecule has 2 rings (SSSR count). The minimum Gasteiger partial charge on any atom is -0.496 e. The smallest absolute Gasteiger partial charge is 0.126 e. The lowest BCUT2D eigenvalue weighted by Crippen LogP contribution is -2.26. The van der Waals surface area contributed by atoms with E-state index >= 15 is 0 Å². The van der Waals surface area contributed by atoms with Crippen molar-refractivity contribution in [2.75, 3.05) is 25.1 Å². The van der Waals surface area contributed by atoms with Gasteiger partial charge in [0.05, 0.1) is 13.2 Å². The van der Waals surface area contributed by atoms with Crippen LogP contribution in [0, 0.1) is 5.41 Å². The van der Waals surface area contributed by atoms with Gasteiger partial charge in [0.15, 0.2) is 0 Å². The summed E-state index contributed by atoms with van der Waals surface area (Å²) in [5.74, 6) is 0.779. The first-order valence-corrected chi connectivity index (χ1v) is 7.54. The summed E-state index contributed by atoms with van der Waals surface area (Å²) in [4.78, 5) is 2.40. The average Bonchev–Trinajstić information content (AvgIpc) is 2.58. The van der Waals surface area contributed by atoms with Gasteiger partial charge in [-0.1, -0.05) is 19.9 Å². The molecule has 112 valence electrons. The van der Waals surface area contributed by atoms with Crippen molar-refractivity contribution in [2.24, 2.45) is 5.41 Å². The third-order valence-corrected chi connectivity index (χ3v) is 4.36. The molecule has 0 bridgehead atoms. The van der Waals surface area contributed by atoms with E-state index in [9.17, 15) is 5.11 Å². The molecule has 0 amide bonds. The summed E-state index contributed by atoms with van der Waals surface area (Å²) in [7, 11) is 1.66. The van der Waals surface area contributed by atoms with Gasteiger partial charge in [0.1, 0.15) is 5.75 Å². The van der Waals surface area contributed by atoms with Crippen LogP contribution in [0.25, 0.3) is 0 Å². The number of methoxy groups -OCH3 is 1. The molecule has 0 aliphatic carbocycles. The van der Waals surface area contributed by atoms with Crippen molar-refractivity contribution >= 4 is 5.69 Å². The van der Waals surface area contributed by atoms with Crippen molar-refractivity contribution < 1.29 is 9.84 Å². The normalized spacial score (nSPS) is 20.4. The van der Waals surface area contributed by atoms with Crippen molar-refractivity contribution in [3.63, 3.8) is 0 Å². The lowest BCUT2D eigenvalue weighted by Gasteiger charge is -2.28. The molecular weight excluding hydrogens is 250 g/mol. The second kappa shape index (κ2) is 6.04. The van der Waals surface area contributed by atoms with Crippen molar-refractivity contribution in [3.05, 3.63) is 23.8 Å². The maximum absolute atomic E-state index is 10.1. The van der Waals surface area contributed by atoms with Gasteiger partial charge in [0.2, 0.25) is 0 Å². The Kier molecular flexibility index (Phi) is 4.59. The summed E-state index contributed by atoms with van der Waals surface area (Å²) in [5, 5.41) is 10.1. The molecule has 20 heavy (non-hydrogen) atoms. The van der Waals surface area contributed by atoms with Crippen LogP contribution >= 0.6 is 0 Å². The van der Waals surface area contributed by atoms with E-state index in [-0.39, 0.29) is 0 Å². The zero-order valence-corrected chi connectivity index (χ0v) is 13.1. The minimum atomic E-state index is -0.516. The third kappa shape index (κ3) is 3.26. The van der Waals surface area contributed by atoms with Crippen molar-refractivity contribution in [2.45, 2.75) is 46.1 Å². The van der Waals surface area contributed by atoms with Gasteiger partial charge in [-0.05, 0) is 43.7 Å². The Morgan fingerprint density at radius 2 is 2.00 bits per heavy atom. The molecule has 3 nitrogen and oxygen atoms in total. The Morgan fingerprint density at radius 3 is 2.65 bits per heavy atom. The highest BCUT2D eigenvalue weighted by Gasteiger charge is 2.25. The zero-order chi connectivity index (χ0) is 14.8. The Labute approximate surface area is 122 Å². The first kappa shape index (κ1) is 15.2. The van der Waals surface area contributed by atoms with E-state index in [1.165, 1.54) is 19.3 Å². The van der Waals surface area contributed by atoms with Crippen molar-refractivity contribution in [1.29, 1.82) is 0 Å². The number of ether oxygens (including phenoxy) is 1. The average molecular weight is 277 g/mol. The number of hydrogen-bond donors (Lipinski definition) is 1. The first-order valence-electron chi connectivity index (χ1n) is 7.54. The lowest BCUT2D eigenvalue weighted by atomic mass is 9.85. The summed E-state index contributed by atoms with van der Waals surface area (Å²) < 4.78 is 5.42. The highest BCUT2D eigenvalue weighted by molar-refractivity contribution is 5.60. The number of rotatable bonds is 3. The SMILES string of the molecule is COc1cccc(N2CCCC(C)(C)CC2)c1[C@H](C)O. The summed E-state index contributed by atoms with van der Waals surface area (Å²) in [6.45, 7) is 8.59. The molecule has 0 radical (unpaired) electrons. The molecule has 1 saturated heterocycles. The molecule has 1 atom stereocenters. The highest BCUT2D eigenvalue weighted by Crippen LogP contribution is 2.37. The Balaban J connectivity index is 2.32. The van der Waals surface area contributed by atoms with Gasteiger partial charge in [-0.15, -0.1) is 0 Å². The molecule has 0 saturated carbocycles. The first-order chi connectivity index (χ1) is 9.44. The fourth-order valence-electron chi connectivity index (χ4n) is 3.07. The Hall–Kier alpha value is -1.22. The largest absolute Gasteiger partial charge is 0.496 e. The molecule has 1 aliphatic rings. The van der Waals surface area contributed by atoms with Gasteiger partial charge in [-0.2, -0.15) is 0 Å². The van der Waals surface area contributed by atoms with Crippen LogP contribution in [0.1, 0.15) is 51.7 Å². The van der Waals surface area contributed by atoms with E-state index in [0.29, 0.717) is 5.41 Å². The summed E-state index contributed by atoms with van der Waals surface area (Å²) >= 11 is 0. The van der Waals surface area contributed by atoms with Crippen LogP contribution in [-0.4, -0.2) is 25.3 Å². The van der Waals surface area contributed by atoms with Crippen LogP contribution in [0.4, 0.5) is 5.69 Å². The molecule has 1 fully saturated rings. The standard InChI is InChI=1S/C17H27NO2/c1-13(19)16-14(7-5-8-15(16)20-4)18-11-6-9-17(2,3)10-12-18/h5,7-8,13,19H,6,9-12H2,1-4H3/t13-/m0/s1. The number of hydrogen-bond acceptors (Lipinski definition) is 3. The van der Waals surface area contributed by atoms with Gasteiger partial charge < -0.3 is 14.7 Å². The minimum absolute atomic E-state index is 0.415. The van der Waals surface area contributed by atoms with E-state index in [4.69, 9.17) is 4.74 Å². The summed E-state index contributed by atoms with van der Waals surface area (Å²) in [6.07, 6.45) is 3.13. The van der Waals surface area contributed by atoms with Crippen molar-refractivity contribution in [3.8, 4) is 5.75 Å².